The quantitative estimate of drug-likeness (QED) is 0.0876. The van der Waals surface area contributed by atoms with Crippen LogP contribution < -0.4 is 5.43 Å². The van der Waals surface area contributed by atoms with Gasteiger partial charge >= 0.3 is 11.9 Å². The van der Waals surface area contributed by atoms with Crippen molar-refractivity contribution in [1.29, 1.82) is 0 Å². The summed E-state index contributed by atoms with van der Waals surface area (Å²) in [6.45, 7) is 22.2. The summed E-state index contributed by atoms with van der Waals surface area (Å²) in [5, 5.41) is 58.2. The van der Waals surface area contributed by atoms with Crippen LogP contribution in [0.15, 0.2) is 29.2 Å². The lowest BCUT2D eigenvalue weighted by Gasteiger charge is -2.49. The van der Waals surface area contributed by atoms with Crippen molar-refractivity contribution in [1.82, 2.24) is 14.4 Å². The fourth-order valence-electron chi connectivity index (χ4n) is 12.1. The third-order valence-corrected chi connectivity index (χ3v) is 16.5. The average molecular weight is 1080 g/mol. The minimum atomic E-state index is -1.84. The number of aliphatic hydroxyl groups is 4. The number of rotatable bonds is 19. The maximum atomic E-state index is 14.6. The number of fused-ring (bicyclic) bond motifs is 1. The van der Waals surface area contributed by atoms with Crippen molar-refractivity contribution in [3.05, 3.63) is 45.7 Å². The van der Waals surface area contributed by atoms with Gasteiger partial charge in [0.25, 0.3) is 0 Å². The maximum absolute atomic E-state index is 14.6. The highest BCUT2D eigenvalue weighted by Gasteiger charge is 2.53. The van der Waals surface area contributed by atoms with Gasteiger partial charge in [-0.3, -0.25) is 9.59 Å². The van der Waals surface area contributed by atoms with Crippen molar-refractivity contribution in [2.45, 2.75) is 224 Å². The molecule has 0 saturated carbocycles. The van der Waals surface area contributed by atoms with Crippen LogP contribution in [-0.4, -0.2) is 197 Å². The van der Waals surface area contributed by atoms with Gasteiger partial charge in [-0.2, -0.15) is 0 Å². The molecule has 3 aliphatic heterocycles. The number of aryl methyl sites for hydroxylation is 2. The second-order valence-electron chi connectivity index (χ2n) is 23.3. The fraction of sp³-hybridized carbons (Fsp3) is 0.807. The van der Waals surface area contributed by atoms with Crippen molar-refractivity contribution < 1.29 is 73.0 Å². The molecule has 0 radical (unpaired) electrons. The Morgan fingerprint density at radius 1 is 0.921 bits per heavy atom. The van der Waals surface area contributed by atoms with E-state index in [1.807, 2.05) is 89.2 Å². The molecule has 434 valence electrons. The van der Waals surface area contributed by atoms with E-state index in [9.17, 15) is 39.9 Å². The zero-order chi connectivity index (χ0) is 56.6. The summed E-state index contributed by atoms with van der Waals surface area (Å²) in [5.41, 5.74) is -3.46. The van der Waals surface area contributed by atoms with E-state index in [2.05, 4.69) is 0 Å². The van der Waals surface area contributed by atoms with E-state index in [0.717, 1.165) is 12.0 Å². The molecule has 18 atom stereocenters. The van der Waals surface area contributed by atoms with Crippen LogP contribution in [0, 0.1) is 17.8 Å². The van der Waals surface area contributed by atoms with Crippen LogP contribution in [-0.2, 0) is 55.7 Å². The Labute approximate surface area is 451 Å². The third kappa shape index (κ3) is 15.2. The topological polar surface area (TPSA) is 238 Å². The molecule has 0 bridgehead atoms. The van der Waals surface area contributed by atoms with E-state index in [0.29, 0.717) is 69.5 Å². The number of carboxylic acids is 1. The first-order valence-corrected chi connectivity index (χ1v) is 27.8. The van der Waals surface area contributed by atoms with Gasteiger partial charge in [-0.05, 0) is 138 Å². The Hall–Kier alpha value is -3.15. The molecule has 3 saturated heterocycles. The average Bonchev–Trinajstić information content (AvgIpc) is 3.35. The lowest BCUT2D eigenvalue weighted by Crippen LogP contribution is -2.61. The van der Waals surface area contributed by atoms with E-state index in [1.54, 1.807) is 40.9 Å². The van der Waals surface area contributed by atoms with E-state index in [4.69, 9.17) is 37.9 Å². The zero-order valence-corrected chi connectivity index (χ0v) is 48.2. The number of nitrogens with zero attached hydrogens (tertiary/aromatic N) is 3. The summed E-state index contributed by atoms with van der Waals surface area (Å²) in [6.07, 6.45) is -3.79. The molecule has 1 aromatic heterocycles. The summed E-state index contributed by atoms with van der Waals surface area (Å²) in [6, 6.07) is 4.77. The van der Waals surface area contributed by atoms with Crippen LogP contribution >= 0.6 is 0 Å². The van der Waals surface area contributed by atoms with Gasteiger partial charge in [0, 0.05) is 76.0 Å². The Balaban J connectivity index is 1.32. The number of hydrogen-bond donors (Lipinski definition) is 5. The zero-order valence-electron chi connectivity index (χ0n) is 48.2. The lowest BCUT2D eigenvalue weighted by molar-refractivity contribution is -0.320. The van der Waals surface area contributed by atoms with Crippen LogP contribution in [0.5, 0.6) is 0 Å². The minimum Gasteiger partial charge on any atom is -0.477 e. The van der Waals surface area contributed by atoms with Gasteiger partial charge < -0.3 is 77.8 Å². The number of aromatic nitrogens is 1. The predicted molar refractivity (Wildman–Crippen MR) is 287 cm³/mol. The highest BCUT2D eigenvalue weighted by molar-refractivity contribution is 5.92. The summed E-state index contributed by atoms with van der Waals surface area (Å²) in [7, 11) is 7.22. The van der Waals surface area contributed by atoms with Crippen LogP contribution in [0.3, 0.4) is 0 Å². The molecule has 76 heavy (non-hydrogen) atoms. The molecule has 0 aliphatic carbocycles. The second-order valence-corrected chi connectivity index (χ2v) is 23.3. The van der Waals surface area contributed by atoms with Crippen LogP contribution in [0.2, 0.25) is 0 Å². The first kappa shape index (κ1) is 63.7. The molecule has 5 N–H and O–H groups in total. The Morgan fingerprint density at radius 3 is 2.24 bits per heavy atom. The van der Waals surface area contributed by atoms with Crippen molar-refractivity contribution in [3.63, 3.8) is 0 Å². The van der Waals surface area contributed by atoms with Gasteiger partial charge in [0.2, 0.25) is 5.43 Å². The SMILES string of the molecule is CCCn1cc(C(=O)O)c(=O)c2cc(CCCOCCCO[C@H]3[C@H](C)O[C@@H](O[C@H]4[C@H](C)[C@@H](O[C@@H]5O[C@H](C)C[C@H](N(C)C)[C@H]5O)[C@](C)(O)C[C@@H](C)CN(C)[C@H](C)[C@@H](O)[C@](C)(O)[C@@H](CC)OC(=O)[C@@H]4C)C[C@@]3(C)OC)ccc21. The first-order valence-electron chi connectivity index (χ1n) is 27.8. The smallest absolute Gasteiger partial charge is 0.341 e. The largest absolute Gasteiger partial charge is 0.477 e. The molecular formula is C57H95N3O16. The molecule has 1 aromatic carbocycles. The molecule has 19 nitrogen and oxygen atoms in total. The molecule has 0 amide bonds. The van der Waals surface area contributed by atoms with Crippen LogP contribution in [0.4, 0.5) is 0 Å². The third-order valence-electron chi connectivity index (χ3n) is 16.5. The maximum Gasteiger partial charge on any atom is 0.341 e. The second kappa shape index (κ2) is 27.3. The predicted octanol–water partition coefficient (Wildman–Crippen LogP) is 5.39. The molecular weight excluding hydrogens is 983 g/mol. The highest BCUT2D eigenvalue weighted by atomic mass is 16.7. The number of aliphatic hydroxyl groups excluding tert-OH is 2. The fourth-order valence-corrected chi connectivity index (χ4v) is 12.1. The van der Waals surface area contributed by atoms with Crippen LogP contribution in [0.1, 0.15) is 137 Å². The highest BCUT2D eigenvalue weighted by Crippen LogP contribution is 2.41. The Bertz CT molecular complexity index is 2240. The monoisotopic (exact) mass is 1080 g/mol. The number of cyclic esters (lactones) is 1. The van der Waals surface area contributed by atoms with E-state index in [1.165, 1.54) is 13.1 Å². The molecule has 0 spiro atoms. The number of methoxy groups -OCH3 is 1. The molecule has 0 unspecified atom stereocenters. The van der Waals surface area contributed by atoms with Gasteiger partial charge in [-0.15, -0.1) is 0 Å². The number of benzene rings is 1. The minimum absolute atomic E-state index is 0.174. The number of esters is 1. The number of ether oxygens (including phenoxy) is 8. The summed E-state index contributed by atoms with van der Waals surface area (Å²) < 4.78 is 53.4. The van der Waals surface area contributed by atoms with Crippen molar-refractivity contribution in [3.8, 4) is 0 Å². The van der Waals surface area contributed by atoms with Crippen molar-refractivity contribution in [2.24, 2.45) is 17.8 Å². The molecule has 3 aliphatic rings. The normalized spacial score (nSPS) is 37.7. The first-order chi connectivity index (χ1) is 35.6. The van der Waals surface area contributed by atoms with E-state index in [-0.39, 0.29) is 42.9 Å². The number of likely N-dealkylation sites (N-methyl/N-ethyl adjacent to an activating group) is 2. The van der Waals surface area contributed by atoms with Crippen molar-refractivity contribution >= 4 is 22.8 Å². The number of carbonyl (C=O) groups is 2. The molecule has 2 aromatic rings. The van der Waals surface area contributed by atoms with Gasteiger partial charge in [-0.1, -0.05) is 33.8 Å². The van der Waals surface area contributed by atoms with Crippen LogP contribution in [0.25, 0.3) is 10.9 Å². The molecule has 5 rings (SSSR count). The van der Waals surface area contributed by atoms with Gasteiger partial charge in [0.15, 0.2) is 12.6 Å². The number of pyridine rings is 1. The number of carbonyl (C=O) groups excluding carboxylic acids is 1. The molecule has 19 heteroatoms. The standard InChI is InChI=1S/C57H95N3O16/c1-16-23-60-32-41(52(64)65)46(61)40-28-39(21-22-42(40)60)20-18-24-70-25-19-26-71-51-38(8)73-45(30-56(51,10)69-15)75-48-35(5)50(76-54-47(62)43(58(12)13)27-34(4)72-54)55(9,67)29-33(3)31-59(14)37(7)49(63)57(11,68)44(17-2)74-53(66)36(48)6/h21-22,28,32-38,43-45,47-51,54,62-63,67-68H,16-20,23-27,29-31H2,1-15H3,(H,64,65)/t33-,34-,35+,36-,37-,38+,43+,44-,45+,47-,48+,49-,50-,51+,54+,55-,56-,57-/m1/s1. The van der Waals surface area contributed by atoms with E-state index >= 15 is 0 Å². The van der Waals surface area contributed by atoms with E-state index < -0.39 is 107 Å². The summed E-state index contributed by atoms with van der Waals surface area (Å²) >= 11 is 0. The summed E-state index contributed by atoms with van der Waals surface area (Å²) in [4.78, 5) is 43.3. The van der Waals surface area contributed by atoms with Gasteiger partial charge in [-0.25, -0.2) is 4.79 Å². The van der Waals surface area contributed by atoms with Gasteiger partial charge in [0.05, 0.1) is 47.1 Å². The number of carboxylic acid groups (broad SMARTS) is 1. The molecule has 4 heterocycles. The number of aromatic carboxylic acids is 1. The number of hydrogen-bond acceptors (Lipinski definition) is 17. The summed E-state index contributed by atoms with van der Waals surface area (Å²) in [5.74, 6) is -3.94. The Kier molecular flexibility index (Phi) is 22.9. The van der Waals surface area contributed by atoms with Crippen molar-refractivity contribution in [2.75, 3.05) is 54.6 Å². The molecule has 3 fully saturated rings. The Morgan fingerprint density at radius 2 is 1.61 bits per heavy atom. The lowest BCUT2D eigenvalue weighted by atomic mass is 9.77. The van der Waals surface area contributed by atoms with Gasteiger partial charge in [0.1, 0.15) is 35.6 Å².